The van der Waals surface area contributed by atoms with Gasteiger partial charge in [-0.3, -0.25) is 9.10 Å². The van der Waals surface area contributed by atoms with E-state index in [1.54, 1.807) is 24.3 Å². The first-order valence-corrected chi connectivity index (χ1v) is 7.18. The third kappa shape index (κ3) is 3.92. The molecule has 0 aliphatic heterocycles. The Morgan fingerprint density at radius 2 is 2.11 bits per heavy atom. The number of sulfonamides is 1. The molecular weight excluding hydrogens is 256 g/mol. The Bertz CT molecular complexity index is 528. The van der Waals surface area contributed by atoms with Crippen molar-refractivity contribution in [3.8, 4) is 5.75 Å². The molecule has 0 aliphatic carbocycles. The SMILES string of the molecule is CCOc1cccc(N(CC(N)=O)S(C)(=O)=O)c1. The molecule has 100 valence electrons. The van der Waals surface area contributed by atoms with Crippen LogP contribution in [0.4, 0.5) is 5.69 Å². The Balaban J connectivity index is 3.13. The minimum absolute atomic E-state index is 0.349. The largest absolute Gasteiger partial charge is 0.494 e. The van der Waals surface area contributed by atoms with Crippen LogP contribution in [-0.4, -0.2) is 33.7 Å². The van der Waals surface area contributed by atoms with Crippen LogP contribution in [0.15, 0.2) is 24.3 Å². The third-order valence-corrected chi connectivity index (χ3v) is 3.26. The number of carbonyl (C=O) groups is 1. The van der Waals surface area contributed by atoms with Crippen LogP contribution in [0.2, 0.25) is 0 Å². The van der Waals surface area contributed by atoms with E-state index in [4.69, 9.17) is 10.5 Å². The fourth-order valence-electron chi connectivity index (χ4n) is 1.44. The maximum absolute atomic E-state index is 11.6. The highest BCUT2D eigenvalue weighted by molar-refractivity contribution is 7.92. The minimum atomic E-state index is -3.57. The predicted molar refractivity (Wildman–Crippen MR) is 69.0 cm³/mol. The van der Waals surface area contributed by atoms with Crippen molar-refractivity contribution in [2.75, 3.05) is 23.7 Å². The van der Waals surface area contributed by atoms with E-state index in [0.717, 1.165) is 10.6 Å². The predicted octanol–water partition coefficient (Wildman–Crippen LogP) is 0.337. The zero-order chi connectivity index (χ0) is 13.8. The van der Waals surface area contributed by atoms with Crippen molar-refractivity contribution in [1.29, 1.82) is 0 Å². The maximum atomic E-state index is 11.6. The van der Waals surface area contributed by atoms with Crippen molar-refractivity contribution < 1.29 is 17.9 Å². The quantitative estimate of drug-likeness (QED) is 0.808. The van der Waals surface area contributed by atoms with Crippen LogP contribution in [-0.2, 0) is 14.8 Å². The molecule has 0 aromatic heterocycles. The number of primary amides is 1. The van der Waals surface area contributed by atoms with E-state index in [1.165, 1.54) is 0 Å². The fraction of sp³-hybridized carbons (Fsp3) is 0.364. The molecular formula is C11H16N2O4S. The number of amides is 1. The van der Waals surface area contributed by atoms with Crippen LogP contribution in [0.25, 0.3) is 0 Å². The average molecular weight is 272 g/mol. The second-order valence-corrected chi connectivity index (χ2v) is 5.57. The van der Waals surface area contributed by atoms with E-state index in [-0.39, 0.29) is 0 Å². The Morgan fingerprint density at radius 1 is 1.44 bits per heavy atom. The van der Waals surface area contributed by atoms with Crippen LogP contribution < -0.4 is 14.8 Å². The molecule has 0 atom stereocenters. The van der Waals surface area contributed by atoms with Gasteiger partial charge in [0.1, 0.15) is 12.3 Å². The number of benzene rings is 1. The van der Waals surface area contributed by atoms with E-state index < -0.39 is 22.5 Å². The summed E-state index contributed by atoms with van der Waals surface area (Å²) in [5.41, 5.74) is 5.40. The molecule has 0 saturated heterocycles. The number of nitrogens with two attached hydrogens (primary N) is 1. The molecule has 1 amide bonds. The second-order valence-electron chi connectivity index (χ2n) is 3.67. The number of hydrogen-bond donors (Lipinski definition) is 1. The van der Waals surface area contributed by atoms with Gasteiger partial charge in [0.15, 0.2) is 0 Å². The van der Waals surface area contributed by atoms with Gasteiger partial charge in [0.2, 0.25) is 15.9 Å². The highest BCUT2D eigenvalue weighted by atomic mass is 32.2. The molecule has 1 aromatic carbocycles. The van der Waals surface area contributed by atoms with Gasteiger partial charge in [0.25, 0.3) is 0 Å². The first-order valence-electron chi connectivity index (χ1n) is 5.33. The van der Waals surface area contributed by atoms with Crippen molar-refractivity contribution in [2.24, 2.45) is 5.73 Å². The highest BCUT2D eigenvalue weighted by Gasteiger charge is 2.19. The number of nitrogens with zero attached hydrogens (tertiary/aromatic N) is 1. The summed E-state index contributed by atoms with van der Waals surface area (Å²) in [5.74, 6) is -0.185. The van der Waals surface area contributed by atoms with Crippen molar-refractivity contribution in [3.63, 3.8) is 0 Å². The van der Waals surface area contributed by atoms with Gasteiger partial charge in [0, 0.05) is 6.07 Å². The molecule has 0 bridgehead atoms. The van der Waals surface area contributed by atoms with Crippen LogP contribution in [0.3, 0.4) is 0 Å². The zero-order valence-electron chi connectivity index (χ0n) is 10.3. The van der Waals surface area contributed by atoms with Gasteiger partial charge in [-0.05, 0) is 19.1 Å². The normalized spacial score (nSPS) is 11.0. The lowest BCUT2D eigenvalue weighted by Crippen LogP contribution is -2.37. The van der Waals surface area contributed by atoms with Gasteiger partial charge in [-0.1, -0.05) is 6.07 Å². The van der Waals surface area contributed by atoms with Gasteiger partial charge in [-0.2, -0.15) is 0 Å². The van der Waals surface area contributed by atoms with Gasteiger partial charge >= 0.3 is 0 Å². The molecule has 0 spiro atoms. The third-order valence-electron chi connectivity index (χ3n) is 2.12. The maximum Gasteiger partial charge on any atom is 0.238 e. The Kier molecular flexibility index (Phi) is 4.55. The number of ether oxygens (including phenoxy) is 1. The first kappa shape index (κ1) is 14.3. The topological polar surface area (TPSA) is 89.7 Å². The fourth-order valence-corrected chi connectivity index (χ4v) is 2.29. The molecule has 0 aliphatic rings. The first-order chi connectivity index (χ1) is 8.34. The molecule has 0 heterocycles. The molecule has 0 saturated carbocycles. The zero-order valence-corrected chi connectivity index (χ0v) is 11.1. The van der Waals surface area contributed by atoms with Gasteiger partial charge in [-0.25, -0.2) is 8.42 Å². The second kappa shape index (κ2) is 5.72. The molecule has 6 nitrogen and oxygen atoms in total. The number of hydrogen-bond acceptors (Lipinski definition) is 4. The van der Waals surface area contributed by atoms with E-state index in [9.17, 15) is 13.2 Å². The van der Waals surface area contributed by atoms with Crippen LogP contribution in [0.5, 0.6) is 5.75 Å². The van der Waals surface area contributed by atoms with Gasteiger partial charge in [0.05, 0.1) is 18.6 Å². The monoisotopic (exact) mass is 272 g/mol. The average Bonchev–Trinajstić information content (AvgIpc) is 2.25. The van der Waals surface area contributed by atoms with Gasteiger partial charge in [-0.15, -0.1) is 0 Å². The van der Waals surface area contributed by atoms with E-state index >= 15 is 0 Å². The van der Waals surface area contributed by atoms with Crippen LogP contribution in [0, 0.1) is 0 Å². The van der Waals surface area contributed by atoms with E-state index in [1.807, 2.05) is 6.92 Å². The lowest BCUT2D eigenvalue weighted by molar-refractivity contribution is -0.116. The Labute approximate surface area is 106 Å². The van der Waals surface area contributed by atoms with Crippen molar-refractivity contribution in [3.05, 3.63) is 24.3 Å². The van der Waals surface area contributed by atoms with E-state index in [0.29, 0.717) is 18.0 Å². The molecule has 1 rings (SSSR count). The highest BCUT2D eigenvalue weighted by Crippen LogP contribution is 2.22. The Hall–Kier alpha value is -1.76. The number of carbonyl (C=O) groups excluding carboxylic acids is 1. The molecule has 7 heteroatoms. The summed E-state index contributed by atoms with van der Waals surface area (Å²) in [6.45, 7) is 1.90. The summed E-state index contributed by atoms with van der Waals surface area (Å²) in [5, 5.41) is 0. The standard InChI is InChI=1S/C11H16N2O4S/c1-3-17-10-6-4-5-9(7-10)13(8-11(12)14)18(2,15)16/h4-7H,3,8H2,1-2H3,(H2,12,14). The molecule has 2 N–H and O–H groups in total. The Morgan fingerprint density at radius 3 is 2.61 bits per heavy atom. The summed E-state index contributed by atoms with van der Waals surface area (Å²) in [6.07, 6.45) is 1.02. The summed E-state index contributed by atoms with van der Waals surface area (Å²) < 4.78 is 29.4. The smallest absolute Gasteiger partial charge is 0.238 e. The van der Waals surface area contributed by atoms with Crippen molar-refractivity contribution in [1.82, 2.24) is 0 Å². The summed E-state index contributed by atoms with van der Waals surface area (Å²) in [7, 11) is -3.57. The lowest BCUT2D eigenvalue weighted by atomic mass is 10.3. The molecule has 1 aromatic rings. The molecule has 0 radical (unpaired) electrons. The van der Waals surface area contributed by atoms with Crippen molar-refractivity contribution >= 4 is 21.6 Å². The van der Waals surface area contributed by atoms with Crippen LogP contribution >= 0.6 is 0 Å². The molecule has 0 fully saturated rings. The van der Waals surface area contributed by atoms with Crippen molar-refractivity contribution in [2.45, 2.75) is 6.92 Å². The summed E-state index contributed by atoms with van der Waals surface area (Å²) in [6, 6.07) is 6.48. The van der Waals surface area contributed by atoms with E-state index in [2.05, 4.69) is 0 Å². The van der Waals surface area contributed by atoms with Gasteiger partial charge < -0.3 is 10.5 Å². The molecule has 18 heavy (non-hydrogen) atoms. The minimum Gasteiger partial charge on any atom is -0.494 e. The van der Waals surface area contributed by atoms with Crippen LogP contribution in [0.1, 0.15) is 6.92 Å². The summed E-state index contributed by atoms with van der Waals surface area (Å²) >= 11 is 0. The lowest BCUT2D eigenvalue weighted by Gasteiger charge is -2.21. The molecule has 0 unspecified atom stereocenters. The number of rotatable bonds is 6. The number of anilines is 1. The summed E-state index contributed by atoms with van der Waals surface area (Å²) in [4.78, 5) is 10.9.